The average Bonchev–Trinajstić information content (AvgIpc) is 2.82. The van der Waals surface area contributed by atoms with Crippen LogP contribution in [0.25, 0.3) is 0 Å². The van der Waals surface area contributed by atoms with E-state index in [2.05, 4.69) is 30.6 Å². The van der Waals surface area contributed by atoms with Gasteiger partial charge in [0.2, 0.25) is 0 Å². The van der Waals surface area contributed by atoms with Crippen molar-refractivity contribution in [1.82, 2.24) is 9.97 Å². The third-order valence-corrected chi connectivity index (χ3v) is 4.49. The first-order valence-corrected chi connectivity index (χ1v) is 8.09. The van der Waals surface area contributed by atoms with Crippen molar-refractivity contribution in [3.63, 3.8) is 0 Å². The van der Waals surface area contributed by atoms with Crippen LogP contribution in [0.5, 0.6) is 0 Å². The maximum absolute atomic E-state index is 12.1. The lowest BCUT2D eigenvalue weighted by Crippen LogP contribution is -2.13. The number of benzene rings is 1. The van der Waals surface area contributed by atoms with Crippen molar-refractivity contribution in [2.24, 2.45) is 0 Å². The highest BCUT2D eigenvalue weighted by atomic mass is 79.9. The van der Waals surface area contributed by atoms with Gasteiger partial charge in [0.15, 0.2) is 5.03 Å². The number of nitrogens with one attached hydrogen (secondary N) is 2. The van der Waals surface area contributed by atoms with Crippen molar-refractivity contribution in [2.45, 2.75) is 18.4 Å². The van der Waals surface area contributed by atoms with Gasteiger partial charge >= 0.3 is 0 Å². The zero-order chi connectivity index (χ0) is 14.0. The minimum absolute atomic E-state index is 0.0170. The second-order valence-electron chi connectivity index (χ2n) is 3.78. The fourth-order valence-electron chi connectivity index (χ4n) is 1.43. The van der Waals surface area contributed by atoms with Crippen molar-refractivity contribution in [3.8, 4) is 0 Å². The number of aromatic nitrogens is 2. The summed E-state index contributed by atoms with van der Waals surface area (Å²) in [4.78, 5) is 6.70. The van der Waals surface area contributed by atoms with E-state index >= 15 is 0 Å². The van der Waals surface area contributed by atoms with Gasteiger partial charge in [0.1, 0.15) is 5.82 Å². The molecule has 0 bridgehead atoms. The van der Waals surface area contributed by atoms with Crippen molar-refractivity contribution >= 4 is 43.2 Å². The maximum Gasteiger partial charge on any atom is 0.279 e. The molecule has 0 fully saturated rings. The summed E-state index contributed by atoms with van der Waals surface area (Å²) in [5, 5.41) is 0.330. The molecule has 5 nitrogen and oxygen atoms in total. The number of aryl methyl sites for hydroxylation is 1. The molecule has 19 heavy (non-hydrogen) atoms. The molecule has 0 atom stereocenters. The Kier molecular flexibility index (Phi) is 4.17. The lowest BCUT2D eigenvalue weighted by molar-refractivity contribution is 0.598. The monoisotopic (exact) mass is 363 g/mol. The summed E-state index contributed by atoms with van der Waals surface area (Å²) in [5.74, 6) is 0.613. The van der Waals surface area contributed by atoms with Crippen molar-refractivity contribution in [2.75, 3.05) is 4.72 Å². The Morgan fingerprint density at radius 2 is 2.21 bits per heavy atom. The van der Waals surface area contributed by atoms with E-state index in [9.17, 15) is 8.42 Å². The third-order valence-electron chi connectivity index (χ3n) is 2.40. The Bertz CT molecular complexity index is 700. The molecule has 1 aromatic carbocycles. The minimum atomic E-state index is -3.71. The van der Waals surface area contributed by atoms with Crippen LogP contribution < -0.4 is 4.72 Å². The lowest BCUT2D eigenvalue weighted by atomic mass is 10.3. The molecule has 0 aliphatic rings. The summed E-state index contributed by atoms with van der Waals surface area (Å²) >= 11 is 9.23. The fraction of sp³-hybridized carbons (Fsp3) is 0.182. The van der Waals surface area contributed by atoms with Crippen LogP contribution >= 0.6 is 27.5 Å². The van der Waals surface area contributed by atoms with Gasteiger partial charge in [-0.05, 0) is 18.2 Å². The molecule has 0 amide bonds. The van der Waals surface area contributed by atoms with Gasteiger partial charge in [-0.15, -0.1) is 0 Å². The van der Waals surface area contributed by atoms with Crippen LogP contribution in [0.3, 0.4) is 0 Å². The van der Waals surface area contributed by atoms with E-state index in [-0.39, 0.29) is 5.03 Å². The van der Waals surface area contributed by atoms with E-state index in [4.69, 9.17) is 11.6 Å². The fourth-order valence-corrected chi connectivity index (χ4v) is 3.23. The Balaban J connectivity index is 2.30. The standard InChI is InChI=1S/C11H11BrClN3O2S/c1-2-10-14-6-11(15-10)19(17,18)16-9-4-3-7(12)5-8(9)13/h3-6,16H,2H2,1H3,(H,14,15). The summed E-state index contributed by atoms with van der Waals surface area (Å²) < 4.78 is 27.4. The highest BCUT2D eigenvalue weighted by Gasteiger charge is 2.18. The lowest BCUT2D eigenvalue weighted by Gasteiger charge is -2.08. The van der Waals surface area contributed by atoms with E-state index in [0.29, 0.717) is 23.0 Å². The van der Waals surface area contributed by atoms with Crippen LogP contribution in [0.4, 0.5) is 5.69 Å². The maximum atomic E-state index is 12.1. The van der Waals surface area contributed by atoms with Gasteiger partial charge in [0, 0.05) is 10.9 Å². The molecule has 0 saturated carbocycles. The van der Waals surface area contributed by atoms with Gasteiger partial charge in [-0.2, -0.15) is 8.42 Å². The second kappa shape index (κ2) is 5.52. The first-order chi connectivity index (χ1) is 8.92. The molecule has 8 heteroatoms. The number of imidazole rings is 1. The Morgan fingerprint density at radius 3 is 2.79 bits per heavy atom. The number of nitrogens with zero attached hydrogens (tertiary/aromatic N) is 1. The van der Waals surface area contributed by atoms with Crippen LogP contribution in [0, 0.1) is 0 Å². The number of aromatic amines is 1. The van der Waals surface area contributed by atoms with E-state index in [0.717, 1.165) is 4.47 Å². The van der Waals surface area contributed by atoms with Crippen LogP contribution in [0.2, 0.25) is 5.02 Å². The normalized spacial score (nSPS) is 11.5. The quantitative estimate of drug-likeness (QED) is 0.875. The zero-order valence-electron chi connectivity index (χ0n) is 9.94. The Labute approximate surface area is 124 Å². The van der Waals surface area contributed by atoms with Gasteiger partial charge in [-0.1, -0.05) is 34.5 Å². The second-order valence-corrected chi connectivity index (χ2v) is 6.75. The largest absolute Gasteiger partial charge is 0.332 e. The Morgan fingerprint density at radius 1 is 1.47 bits per heavy atom. The highest BCUT2D eigenvalue weighted by Crippen LogP contribution is 2.27. The summed E-state index contributed by atoms with van der Waals surface area (Å²) in [5.41, 5.74) is 0.317. The zero-order valence-corrected chi connectivity index (χ0v) is 13.1. The van der Waals surface area contributed by atoms with Crippen LogP contribution in [-0.4, -0.2) is 18.4 Å². The molecule has 1 aromatic heterocycles. The van der Waals surface area contributed by atoms with Gasteiger partial charge < -0.3 is 4.98 Å². The number of hydrogen-bond acceptors (Lipinski definition) is 3. The van der Waals surface area contributed by atoms with Crippen molar-refractivity contribution in [3.05, 3.63) is 39.7 Å². The number of anilines is 1. The van der Waals surface area contributed by atoms with Crippen molar-refractivity contribution in [1.29, 1.82) is 0 Å². The average molecular weight is 365 g/mol. The molecule has 0 aliphatic carbocycles. The van der Waals surface area contributed by atoms with Gasteiger partial charge in [0.05, 0.1) is 16.9 Å². The van der Waals surface area contributed by atoms with Crippen LogP contribution in [0.1, 0.15) is 12.7 Å². The molecule has 0 spiro atoms. The van der Waals surface area contributed by atoms with E-state index in [1.54, 1.807) is 18.2 Å². The SMILES string of the molecule is CCc1ncc(S(=O)(=O)Nc2ccc(Br)cc2Cl)[nH]1. The predicted octanol–water partition coefficient (Wildman–Crippen LogP) is 3.19. The Hall–Kier alpha value is -1.05. The third kappa shape index (κ3) is 3.29. The first-order valence-electron chi connectivity index (χ1n) is 5.44. The molecule has 2 N–H and O–H groups in total. The van der Waals surface area contributed by atoms with Crippen LogP contribution in [-0.2, 0) is 16.4 Å². The number of halogens is 2. The number of sulfonamides is 1. The summed E-state index contributed by atoms with van der Waals surface area (Å²) in [6.07, 6.45) is 1.92. The molecule has 0 radical (unpaired) electrons. The molecular formula is C11H11BrClN3O2S. The molecule has 0 aliphatic heterocycles. The molecule has 2 rings (SSSR count). The summed E-state index contributed by atoms with van der Waals surface area (Å²) in [6, 6.07) is 4.90. The van der Waals surface area contributed by atoms with E-state index < -0.39 is 10.0 Å². The molecule has 0 unspecified atom stereocenters. The minimum Gasteiger partial charge on any atom is -0.332 e. The summed E-state index contributed by atoms with van der Waals surface area (Å²) in [6.45, 7) is 1.88. The number of H-pyrrole nitrogens is 1. The topological polar surface area (TPSA) is 74.8 Å². The molecule has 2 aromatic rings. The molecular weight excluding hydrogens is 354 g/mol. The first kappa shape index (κ1) is 14.4. The predicted molar refractivity (Wildman–Crippen MR) is 77.9 cm³/mol. The van der Waals surface area contributed by atoms with Crippen LogP contribution in [0.15, 0.2) is 33.9 Å². The van der Waals surface area contributed by atoms with Gasteiger partial charge in [0.25, 0.3) is 10.0 Å². The van der Waals surface area contributed by atoms with Gasteiger partial charge in [-0.3, -0.25) is 4.72 Å². The summed E-state index contributed by atoms with van der Waals surface area (Å²) in [7, 11) is -3.71. The number of rotatable bonds is 4. The molecule has 1 heterocycles. The number of hydrogen-bond donors (Lipinski definition) is 2. The van der Waals surface area contributed by atoms with Crippen molar-refractivity contribution < 1.29 is 8.42 Å². The van der Waals surface area contributed by atoms with E-state index in [1.165, 1.54) is 6.20 Å². The smallest absolute Gasteiger partial charge is 0.279 e. The highest BCUT2D eigenvalue weighted by molar-refractivity contribution is 9.10. The molecule has 0 saturated heterocycles. The van der Waals surface area contributed by atoms with Gasteiger partial charge in [-0.25, -0.2) is 4.98 Å². The van der Waals surface area contributed by atoms with E-state index in [1.807, 2.05) is 6.92 Å². The molecule has 102 valence electrons.